The van der Waals surface area contributed by atoms with Gasteiger partial charge in [-0.2, -0.15) is 5.26 Å². The first-order valence-electron chi connectivity index (χ1n) is 9.34. The van der Waals surface area contributed by atoms with E-state index < -0.39 is 5.97 Å². The van der Waals surface area contributed by atoms with Crippen LogP contribution < -0.4 is 10.1 Å². The highest BCUT2D eigenvalue weighted by molar-refractivity contribution is 6.01. The minimum Gasteiger partial charge on any atom is -0.482 e. The third-order valence-corrected chi connectivity index (χ3v) is 4.65. The summed E-state index contributed by atoms with van der Waals surface area (Å²) in [6.45, 7) is 4.02. The highest BCUT2D eigenvalue weighted by Gasteiger charge is 2.24. The van der Waals surface area contributed by atoms with Gasteiger partial charge < -0.3 is 14.8 Å². The zero-order valence-electron chi connectivity index (χ0n) is 15.9. The van der Waals surface area contributed by atoms with Crippen molar-refractivity contribution in [2.45, 2.75) is 45.6 Å². The van der Waals surface area contributed by atoms with Crippen LogP contribution in [0.1, 0.15) is 45.1 Å². The van der Waals surface area contributed by atoms with E-state index in [-0.39, 0.29) is 24.1 Å². The van der Waals surface area contributed by atoms with Crippen molar-refractivity contribution in [1.82, 2.24) is 5.32 Å². The largest absolute Gasteiger partial charge is 0.482 e. The SMILES string of the molecule is CCOC(=O)COc1ccc(/C=C(\C#N)C(=O)N[C@@H]2CCCC[C@H]2C)cc1. The summed E-state index contributed by atoms with van der Waals surface area (Å²) < 4.78 is 10.1. The molecule has 0 aromatic heterocycles. The Kier molecular flexibility index (Phi) is 7.87. The molecule has 6 nitrogen and oxygen atoms in total. The Labute approximate surface area is 160 Å². The number of nitrogens with zero attached hydrogens (tertiary/aromatic N) is 1. The zero-order valence-corrected chi connectivity index (χ0v) is 15.9. The molecule has 2 atom stereocenters. The van der Waals surface area contributed by atoms with Crippen molar-refractivity contribution in [3.63, 3.8) is 0 Å². The third kappa shape index (κ3) is 6.45. The topological polar surface area (TPSA) is 88.4 Å². The summed E-state index contributed by atoms with van der Waals surface area (Å²) in [6, 6.07) is 8.93. The molecule has 0 unspecified atom stereocenters. The molecule has 1 fully saturated rings. The van der Waals surface area contributed by atoms with Crippen LogP contribution in [0.25, 0.3) is 6.08 Å². The highest BCUT2D eigenvalue weighted by Crippen LogP contribution is 2.24. The first-order valence-corrected chi connectivity index (χ1v) is 9.34. The summed E-state index contributed by atoms with van der Waals surface area (Å²) in [5.41, 5.74) is 0.787. The van der Waals surface area contributed by atoms with Crippen LogP contribution in [0.5, 0.6) is 5.75 Å². The number of benzene rings is 1. The molecule has 1 amide bonds. The number of ether oxygens (including phenoxy) is 2. The highest BCUT2D eigenvalue weighted by atomic mass is 16.6. The molecule has 0 heterocycles. The maximum atomic E-state index is 12.4. The van der Waals surface area contributed by atoms with Gasteiger partial charge in [-0.05, 0) is 49.5 Å². The first kappa shape index (κ1) is 20.5. The Morgan fingerprint density at radius 2 is 1.96 bits per heavy atom. The van der Waals surface area contributed by atoms with Gasteiger partial charge in [-0.1, -0.05) is 31.9 Å². The van der Waals surface area contributed by atoms with E-state index in [1.807, 2.05) is 6.07 Å². The number of nitriles is 1. The van der Waals surface area contributed by atoms with Crippen molar-refractivity contribution in [1.29, 1.82) is 5.26 Å². The standard InChI is InChI=1S/C21H26N2O4/c1-3-26-20(24)14-27-18-10-8-16(9-11-18)12-17(13-22)21(25)23-19-7-5-4-6-15(19)2/h8-12,15,19H,3-7,14H2,1-2H3,(H,23,25)/b17-12+/t15-,19-/m1/s1. The molecule has 6 heteroatoms. The molecule has 0 radical (unpaired) electrons. The minimum atomic E-state index is -0.429. The van der Waals surface area contributed by atoms with Crippen molar-refractivity contribution in [3.05, 3.63) is 35.4 Å². The number of hydrogen-bond donors (Lipinski definition) is 1. The van der Waals surface area contributed by atoms with Crippen molar-refractivity contribution in [2.75, 3.05) is 13.2 Å². The molecule has 2 rings (SSSR count). The molecule has 0 aliphatic heterocycles. The molecule has 1 N–H and O–H groups in total. The quantitative estimate of drug-likeness (QED) is 0.452. The van der Waals surface area contributed by atoms with Gasteiger partial charge in [0.1, 0.15) is 17.4 Å². The summed E-state index contributed by atoms with van der Waals surface area (Å²) in [6.07, 6.45) is 5.91. The average molecular weight is 370 g/mol. The first-order chi connectivity index (χ1) is 13.0. The molecule has 1 aliphatic rings. The van der Waals surface area contributed by atoms with Crippen molar-refractivity contribution in [3.8, 4) is 11.8 Å². The van der Waals surface area contributed by atoms with E-state index in [1.54, 1.807) is 37.3 Å². The van der Waals surface area contributed by atoms with Gasteiger partial charge >= 0.3 is 5.97 Å². The number of carbonyl (C=O) groups is 2. The smallest absolute Gasteiger partial charge is 0.344 e. The van der Waals surface area contributed by atoms with Gasteiger partial charge in [-0.3, -0.25) is 4.79 Å². The number of carbonyl (C=O) groups excluding carboxylic acids is 2. The fourth-order valence-electron chi connectivity index (χ4n) is 3.10. The van der Waals surface area contributed by atoms with Crippen molar-refractivity contribution >= 4 is 18.0 Å². The molecule has 1 aliphatic carbocycles. The summed E-state index contributed by atoms with van der Waals surface area (Å²) in [7, 11) is 0. The van der Waals surface area contributed by atoms with Crippen LogP contribution in [0, 0.1) is 17.2 Å². The van der Waals surface area contributed by atoms with Gasteiger partial charge in [0, 0.05) is 6.04 Å². The number of hydrogen-bond acceptors (Lipinski definition) is 5. The molecule has 27 heavy (non-hydrogen) atoms. The van der Waals surface area contributed by atoms with Crippen LogP contribution in [-0.2, 0) is 14.3 Å². The van der Waals surface area contributed by atoms with E-state index in [4.69, 9.17) is 9.47 Å². The van der Waals surface area contributed by atoms with E-state index in [2.05, 4.69) is 12.2 Å². The number of esters is 1. The molecular weight excluding hydrogens is 344 g/mol. The third-order valence-electron chi connectivity index (χ3n) is 4.65. The normalized spacial score (nSPS) is 19.7. The van der Waals surface area contributed by atoms with Gasteiger partial charge in [0.15, 0.2) is 6.61 Å². The lowest BCUT2D eigenvalue weighted by Gasteiger charge is -2.29. The average Bonchev–Trinajstić information content (AvgIpc) is 2.67. The fraction of sp³-hybridized carbons (Fsp3) is 0.476. The lowest BCUT2D eigenvalue weighted by Crippen LogP contribution is -2.41. The Balaban J connectivity index is 1.96. The van der Waals surface area contributed by atoms with E-state index >= 15 is 0 Å². The fourth-order valence-corrected chi connectivity index (χ4v) is 3.10. The molecule has 1 aromatic carbocycles. The summed E-state index contributed by atoms with van der Waals surface area (Å²) in [5.74, 6) is 0.179. The Morgan fingerprint density at radius 1 is 1.26 bits per heavy atom. The van der Waals surface area contributed by atoms with Crippen LogP contribution in [0.15, 0.2) is 29.8 Å². The maximum Gasteiger partial charge on any atom is 0.344 e. The minimum absolute atomic E-state index is 0.0768. The predicted octanol–water partition coefficient (Wildman–Crippen LogP) is 3.23. The van der Waals surface area contributed by atoms with Gasteiger partial charge in [0.05, 0.1) is 6.61 Å². The number of amides is 1. The van der Waals surface area contributed by atoms with Crippen LogP contribution in [0.4, 0.5) is 0 Å². The van der Waals surface area contributed by atoms with Crippen LogP contribution in [0.2, 0.25) is 0 Å². The molecular formula is C21H26N2O4. The van der Waals surface area contributed by atoms with Gasteiger partial charge in [-0.15, -0.1) is 0 Å². The van der Waals surface area contributed by atoms with E-state index in [1.165, 1.54) is 6.42 Å². The van der Waals surface area contributed by atoms with Gasteiger partial charge in [0.25, 0.3) is 5.91 Å². The summed E-state index contributed by atoms with van der Waals surface area (Å²) in [4.78, 5) is 23.7. The number of nitrogens with one attached hydrogen (secondary N) is 1. The molecule has 0 saturated heterocycles. The monoisotopic (exact) mass is 370 g/mol. The molecule has 0 spiro atoms. The summed E-state index contributed by atoms with van der Waals surface area (Å²) in [5, 5.41) is 12.3. The molecule has 1 saturated carbocycles. The second-order valence-corrected chi connectivity index (χ2v) is 6.67. The molecule has 1 aromatic rings. The zero-order chi connectivity index (χ0) is 19.6. The second-order valence-electron chi connectivity index (χ2n) is 6.67. The lowest BCUT2D eigenvalue weighted by molar-refractivity contribution is -0.145. The molecule has 0 bridgehead atoms. The van der Waals surface area contributed by atoms with Crippen LogP contribution >= 0.6 is 0 Å². The van der Waals surface area contributed by atoms with Crippen LogP contribution in [-0.4, -0.2) is 31.1 Å². The molecule has 144 valence electrons. The number of rotatable bonds is 7. The van der Waals surface area contributed by atoms with E-state index in [9.17, 15) is 14.9 Å². The van der Waals surface area contributed by atoms with Gasteiger partial charge in [-0.25, -0.2) is 4.79 Å². The Bertz CT molecular complexity index is 719. The van der Waals surface area contributed by atoms with E-state index in [0.717, 1.165) is 19.3 Å². The second kappa shape index (κ2) is 10.4. The Hall–Kier alpha value is -2.81. The van der Waals surface area contributed by atoms with Gasteiger partial charge in [0.2, 0.25) is 0 Å². The summed E-state index contributed by atoms with van der Waals surface area (Å²) >= 11 is 0. The lowest BCUT2D eigenvalue weighted by atomic mass is 9.86. The Morgan fingerprint density at radius 3 is 2.59 bits per heavy atom. The van der Waals surface area contributed by atoms with Crippen molar-refractivity contribution < 1.29 is 19.1 Å². The maximum absolute atomic E-state index is 12.4. The van der Waals surface area contributed by atoms with Crippen molar-refractivity contribution in [2.24, 2.45) is 5.92 Å². The van der Waals surface area contributed by atoms with E-state index in [0.29, 0.717) is 23.8 Å². The predicted molar refractivity (Wildman–Crippen MR) is 102 cm³/mol. The van der Waals surface area contributed by atoms with Crippen LogP contribution in [0.3, 0.4) is 0 Å².